The Morgan fingerprint density at radius 2 is 1.63 bits per heavy atom. The van der Waals surface area contributed by atoms with Crippen molar-refractivity contribution in [2.45, 2.75) is 12.6 Å². The lowest BCUT2D eigenvalue weighted by molar-refractivity contribution is -0.552. The summed E-state index contributed by atoms with van der Waals surface area (Å²) in [5.41, 5.74) is 2.10. The van der Waals surface area contributed by atoms with Crippen LogP contribution in [0.5, 0.6) is 0 Å². The Balaban J connectivity index is 1.39. The third kappa shape index (κ3) is 4.66. The molecular weight excluding hydrogens is 487 g/mol. The van der Waals surface area contributed by atoms with Gasteiger partial charge in [-0.15, -0.1) is 0 Å². The predicted molar refractivity (Wildman–Crippen MR) is 138 cm³/mol. The lowest BCUT2D eigenvalue weighted by Gasteiger charge is -2.35. The summed E-state index contributed by atoms with van der Waals surface area (Å²) in [6.07, 6.45) is 0. The summed E-state index contributed by atoms with van der Waals surface area (Å²) in [6.45, 7) is 4.48. The maximum atomic E-state index is 13.2. The Hall–Kier alpha value is -2.94. The SMILES string of the molecule is CN1C(=O)C2C(=NC(CN3CCN(c4cccc(Cl)c4)CC3)=[N+]2Cc2cccc(Cl)c2)N(C)C1=O. The molecule has 3 aliphatic heterocycles. The molecule has 0 spiro atoms. The molecule has 1 unspecified atom stereocenters. The number of fused-ring (bicyclic) bond motifs is 1. The summed E-state index contributed by atoms with van der Waals surface area (Å²) in [7, 11) is 3.18. The minimum absolute atomic E-state index is 0.269. The van der Waals surface area contributed by atoms with Crippen molar-refractivity contribution in [1.82, 2.24) is 14.7 Å². The third-order valence-electron chi connectivity index (χ3n) is 6.77. The standard InChI is InChI=1S/C25H27Cl2N6O2/c1-29-23-22(24(34)30(2)25(29)35)33(15-17-5-3-6-18(26)13-17)21(28-23)16-31-9-11-32(12-10-31)20-8-4-7-19(27)14-20/h3-8,13-14,22H,9-12,15-16H2,1-2H3/q+1. The molecule has 8 nitrogen and oxygen atoms in total. The molecular formula is C25H27Cl2N6O2+. The number of nitrogens with zero attached hydrogens (tertiary/aromatic N) is 6. The van der Waals surface area contributed by atoms with E-state index in [1.165, 1.54) is 16.8 Å². The van der Waals surface area contributed by atoms with Crippen LogP contribution in [0, 0.1) is 0 Å². The molecule has 2 aromatic carbocycles. The second-order valence-corrected chi connectivity index (χ2v) is 9.90. The second-order valence-electron chi connectivity index (χ2n) is 9.03. The van der Waals surface area contributed by atoms with Gasteiger partial charge in [0.1, 0.15) is 13.1 Å². The number of carbonyl (C=O) groups excluding carboxylic acids is 2. The predicted octanol–water partition coefficient (Wildman–Crippen LogP) is 3.03. The van der Waals surface area contributed by atoms with E-state index < -0.39 is 6.04 Å². The van der Waals surface area contributed by atoms with Crippen molar-refractivity contribution in [2.75, 3.05) is 51.7 Å². The van der Waals surface area contributed by atoms with Crippen LogP contribution in [-0.4, -0.2) is 95.7 Å². The fourth-order valence-electron chi connectivity index (χ4n) is 4.83. The van der Waals surface area contributed by atoms with Crippen molar-refractivity contribution in [2.24, 2.45) is 4.99 Å². The number of anilines is 1. The molecule has 0 radical (unpaired) electrons. The number of rotatable bonds is 5. The van der Waals surface area contributed by atoms with Crippen molar-refractivity contribution in [3.05, 3.63) is 64.1 Å². The largest absolute Gasteiger partial charge is 0.369 e. The van der Waals surface area contributed by atoms with Crippen LogP contribution in [0.1, 0.15) is 5.56 Å². The zero-order chi connectivity index (χ0) is 24.7. The van der Waals surface area contributed by atoms with Crippen LogP contribution in [0.15, 0.2) is 53.5 Å². The molecule has 3 amide bonds. The van der Waals surface area contributed by atoms with E-state index in [0.29, 0.717) is 23.9 Å². The average molecular weight is 514 g/mol. The summed E-state index contributed by atoms with van der Waals surface area (Å²) >= 11 is 12.4. The number of carbonyl (C=O) groups is 2. The molecule has 3 heterocycles. The van der Waals surface area contributed by atoms with Crippen molar-refractivity contribution in [3.63, 3.8) is 0 Å². The molecule has 2 aromatic rings. The summed E-state index contributed by atoms with van der Waals surface area (Å²) in [4.78, 5) is 37.9. The first-order valence-corrected chi connectivity index (χ1v) is 12.3. The van der Waals surface area contributed by atoms with Crippen LogP contribution in [0.3, 0.4) is 0 Å². The molecule has 1 atom stereocenters. The first kappa shape index (κ1) is 23.8. The first-order chi connectivity index (χ1) is 16.8. The minimum Gasteiger partial charge on any atom is -0.369 e. The average Bonchev–Trinajstić information content (AvgIpc) is 3.19. The van der Waals surface area contributed by atoms with Crippen LogP contribution < -0.4 is 4.90 Å². The van der Waals surface area contributed by atoms with Gasteiger partial charge in [-0.2, -0.15) is 0 Å². The van der Waals surface area contributed by atoms with Crippen molar-refractivity contribution >= 4 is 52.5 Å². The smallest absolute Gasteiger partial charge is 0.333 e. The first-order valence-electron chi connectivity index (χ1n) is 11.6. The number of aliphatic imine (C=N–C) groups is 1. The van der Waals surface area contributed by atoms with E-state index in [-0.39, 0.29) is 11.9 Å². The van der Waals surface area contributed by atoms with Gasteiger partial charge in [-0.1, -0.05) is 41.4 Å². The van der Waals surface area contributed by atoms with Gasteiger partial charge >= 0.3 is 11.9 Å². The summed E-state index contributed by atoms with van der Waals surface area (Å²) in [6, 6.07) is 14.5. The number of likely N-dealkylation sites (N-methyl/N-ethyl adjacent to an activating group) is 2. The molecule has 10 heteroatoms. The fourth-order valence-corrected chi connectivity index (χ4v) is 5.22. The molecule has 182 valence electrons. The van der Waals surface area contributed by atoms with Gasteiger partial charge in [0.15, 0.2) is 0 Å². The van der Waals surface area contributed by atoms with Gasteiger partial charge in [-0.3, -0.25) is 19.5 Å². The number of hydrogen-bond donors (Lipinski definition) is 0. The number of imide groups is 1. The van der Waals surface area contributed by atoms with Gasteiger partial charge in [0.05, 0.1) is 0 Å². The Kier molecular flexibility index (Phi) is 6.53. The molecule has 35 heavy (non-hydrogen) atoms. The van der Waals surface area contributed by atoms with Gasteiger partial charge in [0.2, 0.25) is 0 Å². The molecule has 0 aliphatic carbocycles. The number of halogens is 2. The molecule has 0 bridgehead atoms. The lowest BCUT2D eigenvalue weighted by Crippen LogP contribution is -2.61. The van der Waals surface area contributed by atoms with Crippen LogP contribution >= 0.6 is 23.2 Å². The van der Waals surface area contributed by atoms with E-state index in [1.807, 2.05) is 47.0 Å². The highest BCUT2D eigenvalue weighted by molar-refractivity contribution is 6.31. The van der Waals surface area contributed by atoms with E-state index in [9.17, 15) is 9.59 Å². The van der Waals surface area contributed by atoms with Crippen LogP contribution in [-0.2, 0) is 11.3 Å². The fraction of sp³-hybridized carbons (Fsp3) is 0.360. The van der Waals surface area contributed by atoms with E-state index in [1.54, 1.807) is 7.05 Å². The van der Waals surface area contributed by atoms with Gasteiger partial charge in [-0.05, 0) is 40.9 Å². The normalized spacial score (nSPS) is 21.1. The Bertz CT molecular complexity index is 1240. The minimum atomic E-state index is -0.635. The van der Waals surface area contributed by atoms with Crippen LogP contribution in [0.2, 0.25) is 10.0 Å². The van der Waals surface area contributed by atoms with E-state index in [2.05, 4.69) is 15.9 Å². The summed E-state index contributed by atoms with van der Waals surface area (Å²) in [5, 5.41) is 1.37. The Labute approximate surface area is 214 Å². The van der Waals surface area contributed by atoms with Gasteiger partial charge < -0.3 is 4.90 Å². The Morgan fingerprint density at radius 1 is 0.943 bits per heavy atom. The van der Waals surface area contributed by atoms with Crippen molar-refractivity contribution in [1.29, 1.82) is 0 Å². The summed E-state index contributed by atoms with van der Waals surface area (Å²) in [5.74, 6) is 0.992. The topological polar surface area (TPSA) is 62.5 Å². The molecule has 2 saturated heterocycles. The number of amidine groups is 2. The highest BCUT2D eigenvalue weighted by Crippen LogP contribution is 2.24. The number of urea groups is 1. The number of piperazine rings is 1. The number of amides is 3. The molecule has 0 aromatic heterocycles. The maximum Gasteiger partial charge on any atom is 0.333 e. The highest BCUT2D eigenvalue weighted by atomic mass is 35.5. The molecule has 0 N–H and O–H groups in total. The van der Waals surface area contributed by atoms with Crippen LogP contribution in [0.25, 0.3) is 0 Å². The quantitative estimate of drug-likeness (QED) is 0.576. The Morgan fingerprint density at radius 3 is 2.31 bits per heavy atom. The zero-order valence-corrected chi connectivity index (χ0v) is 21.2. The van der Waals surface area contributed by atoms with E-state index in [4.69, 9.17) is 28.2 Å². The van der Waals surface area contributed by atoms with Crippen LogP contribution in [0.4, 0.5) is 10.5 Å². The van der Waals surface area contributed by atoms with E-state index >= 15 is 0 Å². The van der Waals surface area contributed by atoms with Gasteiger partial charge in [0.25, 0.3) is 17.8 Å². The molecule has 5 rings (SSSR count). The van der Waals surface area contributed by atoms with Crippen molar-refractivity contribution < 1.29 is 14.2 Å². The number of benzene rings is 2. The summed E-state index contributed by atoms with van der Waals surface area (Å²) < 4.78 is 2.01. The third-order valence-corrected chi connectivity index (χ3v) is 7.24. The van der Waals surface area contributed by atoms with Gasteiger partial charge in [0, 0.05) is 56.0 Å². The zero-order valence-electron chi connectivity index (χ0n) is 19.7. The highest BCUT2D eigenvalue weighted by Gasteiger charge is 2.53. The lowest BCUT2D eigenvalue weighted by atomic mass is 10.1. The second kappa shape index (κ2) is 9.60. The van der Waals surface area contributed by atoms with Gasteiger partial charge in [-0.25, -0.2) is 9.37 Å². The maximum absolute atomic E-state index is 13.2. The van der Waals surface area contributed by atoms with E-state index in [0.717, 1.165) is 48.3 Å². The van der Waals surface area contributed by atoms with Crippen molar-refractivity contribution in [3.8, 4) is 0 Å². The molecule has 2 fully saturated rings. The monoisotopic (exact) mass is 513 g/mol. The molecule has 3 aliphatic rings. The molecule has 0 saturated carbocycles. The number of hydrogen-bond acceptors (Lipinski definition) is 5.